The molecule has 0 radical (unpaired) electrons. The number of amides is 1. The maximum atomic E-state index is 11.5. The first-order valence-corrected chi connectivity index (χ1v) is 4.69. The van der Waals surface area contributed by atoms with Crippen molar-refractivity contribution >= 4 is 5.91 Å². The van der Waals surface area contributed by atoms with Gasteiger partial charge in [0.15, 0.2) is 0 Å². The number of hydrogen-bond donors (Lipinski definition) is 2. The summed E-state index contributed by atoms with van der Waals surface area (Å²) < 4.78 is 4.92. The van der Waals surface area contributed by atoms with Crippen molar-refractivity contribution < 1.29 is 9.53 Å². The first-order chi connectivity index (χ1) is 7.24. The summed E-state index contributed by atoms with van der Waals surface area (Å²) in [7, 11) is 1.61. The zero-order valence-electron chi connectivity index (χ0n) is 8.86. The number of methoxy groups -OCH3 is 1. The van der Waals surface area contributed by atoms with Crippen molar-refractivity contribution in [3.8, 4) is 0 Å². The topological polar surface area (TPSA) is 63.2 Å². The van der Waals surface area contributed by atoms with E-state index in [2.05, 4.69) is 15.8 Å². The maximum Gasteiger partial charge on any atom is 0.265 e. The first kappa shape index (κ1) is 11.6. The highest BCUT2D eigenvalue weighted by Gasteiger charge is 2.05. The molecule has 1 amide bonds. The second kappa shape index (κ2) is 6.10. The molecule has 5 heteroatoms. The van der Waals surface area contributed by atoms with Crippen LogP contribution in [0.4, 0.5) is 0 Å². The number of carbonyl (C=O) groups is 1. The molecule has 0 saturated heterocycles. The minimum absolute atomic E-state index is 0.0702. The van der Waals surface area contributed by atoms with Crippen LogP contribution in [-0.4, -0.2) is 30.6 Å². The van der Waals surface area contributed by atoms with Crippen LogP contribution in [0.5, 0.6) is 0 Å². The Morgan fingerprint density at radius 2 is 2.20 bits per heavy atom. The lowest BCUT2D eigenvalue weighted by Gasteiger charge is -2.13. The van der Waals surface area contributed by atoms with Gasteiger partial charge in [0.1, 0.15) is 0 Å². The molecule has 0 unspecified atom stereocenters. The summed E-state index contributed by atoms with van der Waals surface area (Å²) in [6.45, 7) is 2.45. The molecular formula is C10H15N3O2. The van der Waals surface area contributed by atoms with E-state index < -0.39 is 0 Å². The van der Waals surface area contributed by atoms with Gasteiger partial charge in [0.25, 0.3) is 5.91 Å². The second-order valence-corrected chi connectivity index (χ2v) is 3.19. The van der Waals surface area contributed by atoms with Crippen LogP contribution >= 0.6 is 0 Å². The first-order valence-electron chi connectivity index (χ1n) is 4.69. The van der Waals surface area contributed by atoms with Gasteiger partial charge in [0.05, 0.1) is 6.61 Å². The molecule has 5 nitrogen and oxygen atoms in total. The van der Waals surface area contributed by atoms with Gasteiger partial charge in [-0.15, -0.1) is 0 Å². The Bertz CT molecular complexity index is 303. The van der Waals surface area contributed by atoms with E-state index in [9.17, 15) is 4.79 Å². The van der Waals surface area contributed by atoms with Gasteiger partial charge in [0.2, 0.25) is 0 Å². The van der Waals surface area contributed by atoms with Crippen molar-refractivity contribution in [1.82, 2.24) is 15.8 Å². The summed E-state index contributed by atoms with van der Waals surface area (Å²) in [6, 6.07) is 3.37. The Kier molecular flexibility index (Phi) is 4.73. The van der Waals surface area contributed by atoms with Crippen molar-refractivity contribution in [2.75, 3.05) is 13.7 Å². The molecule has 15 heavy (non-hydrogen) atoms. The number of hydrogen-bond acceptors (Lipinski definition) is 4. The molecule has 0 aliphatic heterocycles. The molecule has 0 aliphatic rings. The van der Waals surface area contributed by atoms with E-state index in [4.69, 9.17) is 4.74 Å². The molecular weight excluding hydrogens is 194 g/mol. The summed E-state index contributed by atoms with van der Waals surface area (Å²) in [5, 5.41) is 0. The van der Waals surface area contributed by atoms with Crippen molar-refractivity contribution in [2.24, 2.45) is 0 Å². The highest BCUT2D eigenvalue weighted by molar-refractivity contribution is 5.93. The molecule has 0 aromatic carbocycles. The molecule has 1 aromatic heterocycles. The third-order valence-corrected chi connectivity index (χ3v) is 1.79. The number of nitrogens with one attached hydrogen (secondary N) is 2. The molecule has 1 aromatic rings. The molecule has 0 saturated carbocycles. The van der Waals surface area contributed by atoms with Crippen LogP contribution in [0.25, 0.3) is 0 Å². The average molecular weight is 209 g/mol. The molecule has 0 aliphatic carbocycles. The Balaban J connectivity index is 2.37. The summed E-state index contributed by atoms with van der Waals surface area (Å²) in [5.41, 5.74) is 6.00. The third-order valence-electron chi connectivity index (χ3n) is 1.79. The summed E-state index contributed by atoms with van der Waals surface area (Å²) in [5.74, 6) is -0.180. The number of aromatic nitrogens is 1. The monoisotopic (exact) mass is 209 g/mol. The van der Waals surface area contributed by atoms with Gasteiger partial charge in [-0.2, -0.15) is 0 Å². The van der Waals surface area contributed by atoms with Crippen LogP contribution in [0.2, 0.25) is 0 Å². The maximum absolute atomic E-state index is 11.5. The van der Waals surface area contributed by atoms with Crippen molar-refractivity contribution in [1.29, 1.82) is 0 Å². The van der Waals surface area contributed by atoms with Gasteiger partial charge in [-0.1, -0.05) is 0 Å². The number of hydrazine groups is 1. The van der Waals surface area contributed by atoms with E-state index in [-0.39, 0.29) is 11.9 Å². The van der Waals surface area contributed by atoms with Crippen LogP contribution in [-0.2, 0) is 4.74 Å². The SMILES string of the molecule is COC[C@H](C)NNC(=O)c1ccncc1. The van der Waals surface area contributed by atoms with Crippen LogP contribution < -0.4 is 10.9 Å². The summed E-state index contributed by atoms with van der Waals surface area (Å²) in [4.78, 5) is 15.3. The highest BCUT2D eigenvalue weighted by Crippen LogP contribution is 1.94. The van der Waals surface area contributed by atoms with Gasteiger partial charge < -0.3 is 4.74 Å². The Morgan fingerprint density at radius 1 is 1.53 bits per heavy atom. The van der Waals surface area contributed by atoms with Gasteiger partial charge in [-0.25, -0.2) is 5.43 Å². The Labute approximate surface area is 88.8 Å². The molecule has 0 bridgehead atoms. The number of rotatable bonds is 5. The molecule has 0 fully saturated rings. The largest absolute Gasteiger partial charge is 0.383 e. The van der Waals surface area contributed by atoms with E-state index >= 15 is 0 Å². The summed E-state index contributed by atoms with van der Waals surface area (Å²) >= 11 is 0. The second-order valence-electron chi connectivity index (χ2n) is 3.19. The van der Waals surface area contributed by atoms with Crippen LogP contribution in [0.15, 0.2) is 24.5 Å². The van der Waals surface area contributed by atoms with E-state index in [0.717, 1.165) is 0 Å². The van der Waals surface area contributed by atoms with E-state index in [0.29, 0.717) is 12.2 Å². The fourth-order valence-electron chi connectivity index (χ4n) is 1.06. The normalized spacial score (nSPS) is 12.1. The van der Waals surface area contributed by atoms with Crippen molar-refractivity contribution in [3.63, 3.8) is 0 Å². The van der Waals surface area contributed by atoms with Gasteiger partial charge in [-0.05, 0) is 19.1 Å². The minimum atomic E-state index is -0.180. The van der Waals surface area contributed by atoms with Crippen LogP contribution in [0.1, 0.15) is 17.3 Å². The predicted octanol–water partition coefficient (Wildman–Crippen LogP) is 0.351. The lowest BCUT2D eigenvalue weighted by Crippen LogP contribution is -2.44. The zero-order chi connectivity index (χ0) is 11.1. The van der Waals surface area contributed by atoms with E-state index in [1.807, 2.05) is 6.92 Å². The standard InChI is InChI=1S/C10H15N3O2/c1-8(7-15-2)12-13-10(14)9-3-5-11-6-4-9/h3-6,8,12H,7H2,1-2H3,(H,13,14)/t8-/m0/s1. The number of carbonyl (C=O) groups excluding carboxylic acids is 1. The van der Waals surface area contributed by atoms with E-state index in [1.54, 1.807) is 31.6 Å². The van der Waals surface area contributed by atoms with Gasteiger partial charge in [-0.3, -0.25) is 15.2 Å². The number of nitrogens with zero attached hydrogens (tertiary/aromatic N) is 1. The number of pyridine rings is 1. The van der Waals surface area contributed by atoms with Crippen LogP contribution in [0.3, 0.4) is 0 Å². The minimum Gasteiger partial charge on any atom is -0.383 e. The lowest BCUT2D eigenvalue weighted by atomic mass is 10.2. The van der Waals surface area contributed by atoms with E-state index in [1.165, 1.54) is 0 Å². The highest BCUT2D eigenvalue weighted by atomic mass is 16.5. The average Bonchev–Trinajstić information content (AvgIpc) is 2.27. The van der Waals surface area contributed by atoms with Crippen LogP contribution in [0, 0.1) is 0 Å². The summed E-state index contributed by atoms with van der Waals surface area (Å²) in [6.07, 6.45) is 3.15. The molecule has 2 N–H and O–H groups in total. The van der Waals surface area contributed by atoms with Crippen molar-refractivity contribution in [3.05, 3.63) is 30.1 Å². The molecule has 82 valence electrons. The Hall–Kier alpha value is -1.46. The zero-order valence-corrected chi connectivity index (χ0v) is 8.86. The fourth-order valence-corrected chi connectivity index (χ4v) is 1.06. The lowest BCUT2D eigenvalue weighted by molar-refractivity contribution is 0.0908. The van der Waals surface area contributed by atoms with Gasteiger partial charge >= 0.3 is 0 Å². The molecule has 1 atom stereocenters. The molecule has 0 spiro atoms. The number of ether oxygens (including phenoxy) is 1. The fraction of sp³-hybridized carbons (Fsp3) is 0.400. The molecule has 1 heterocycles. The van der Waals surface area contributed by atoms with Crippen molar-refractivity contribution in [2.45, 2.75) is 13.0 Å². The smallest absolute Gasteiger partial charge is 0.265 e. The Morgan fingerprint density at radius 3 is 2.80 bits per heavy atom. The third kappa shape index (κ3) is 4.05. The van der Waals surface area contributed by atoms with Gasteiger partial charge in [0, 0.05) is 31.1 Å². The molecule has 1 rings (SSSR count). The predicted molar refractivity (Wildman–Crippen MR) is 56.2 cm³/mol. The quantitative estimate of drug-likeness (QED) is 0.687.